The summed E-state index contributed by atoms with van der Waals surface area (Å²) in [6, 6.07) is 15.6. The van der Waals surface area contributed by atoms with Gasteiger partial charge in [-0.25, -0.2) is 4.39 Å². The number of aliphatic hydroxyl groups is 1. The number of halogens is 2. The molecule has 1 atom stereocenters. The number of ketones is 1. The van der Waals surface area contributed by atoms with E-state index in [4.69, 9.17) is 21.1 Å². The number of nitrogens with zero attached hydrogens (tertiary/aromatic N) is 1. The van der Waals surface area contributed by atoms with Crippen molar-refractivity contribution in [1.82, 2.24) is 0 Å². The van der Waals surface area contributed by atoms with Gasteiger partial charge in [-0.2, -0.15) is 0 Å². The van der Waals surface area contributed by atoms with Crippen molar-refractivity contribution < 1.29 is 28.6 Å². The smallest absolute Gasteiger partial charge is 0.300 e. The molecule has 3 aromatic rings. The Hall–Kier alpha value is -3.84. The van der Waals surface area contributed by atoms with Crippen LogP contribution in [0.4, 0.5) is 10.1 Å². The molecule has 0 radical (unpaired) electrons. The predicted molar refractivity (Wildman–Crippen MR) is 115 cm³/mol. The summed E-state index contributed by atoms with van der Waals surface area (Å²) in [6.45, 7) is 0.0356. The van der Waals surface area contributed by atoms with Crippen LogP contribution < -0.4 is 14.4 Å². The molecule has 1 amide bonds. The van der Waals surface area contributed by atoms with Crippen molar-refractivity contribution >= 4 is 34.7 Å². The Morgan fingerprint density at radius 1 is 1.00 bits per heavy atom. The van der Waals surface area contributed by atoms with Crippen molar-refractivity contribution in [3.8, 4) is 11.5 Å². The fourth-order valence-corrected chi connectivity index (χ4v) is 4.10. The number of rotatable bonds is 3. The molecule has 160 valence electrons. The number of fused-ring (bicyclic) bond motifs is 1. The van der Waals surface area contributed by atoms with Gasteiger partial charge < -0.3 is 14.6 Å². The van der Waals surface area contributed by atoms with Crippen molar-refractivity contribution in [2.24, 2.45) is 0 Å². The van der Waals surface area contributed by atoms with Crippen LogP contribution in [0.2, 0.25) is 5.02 Å². The topological polar surface area (TPSA) is 76.1 Å². The van der Waals surface area contributed by atoms with E-state index in [1.54, 1.807) is 30.3 Å². The summed E-state index contributed by atoms with van der Waals surface area (Å²) in [5.74, 6) is -2.02. The van der Waals surface area contributed by atoms with Crippen LogP contribution in [-0.2, 0) is 9.59 Å². The third-order valence-electron chi connectivity index (χ3n) is 5.38. The highest BCUT2D eigenvalue weighted by Crippen LogP contribution is 2.44. The molecule has 6 nitrogen and oxygen atoms in total. The second-order valence-electron chi connectivity index (χ2n) is 7.24. The molecule has 0 aliphatic carbocycles. The Morgan fingerprint density at radius 2 is 1.78 bits per heavy atom. The Bertz CT molecular complexity index is 1310. The zero-order valence-electron chi connectivity index (χ0n) is 16.4. The van der Waals surface area contributed by atoms with Crippen molar-refractivity contribution in [3.63, 3.8) is 0 Å². The molecule has 0 aromatic heterocycles. The number of hydrogen-bond donors (Lipinski definition) is 1. The van der Waals surface area contributed by atoms with Crippen molar-refractivity contribution in [2.45, 2.75) is 6.04 Å². The molecular weight excluding hydrogens is 437 g/mol. The maximum atomic E-state index is 14.9. The number of Topliss-reactive ketones (excluding diaryl/α,β-unsaturated/α-hetero) is 1. The van der Waals surface area contributed by atoms with Gasteiger partial charge in [0.05, 0.1) is 11.6 Å². The first-order valence-corrected chi connectivity index (χ1v) is 10.0. The summed E-state index contributed by atoms with van der Waals surface area (Å²) in [7, 11) is 0. The lowest BCUT2D eigenvalue weighted by Gasteiger charge is -2.25. The summed E-state index contributed by atoms with van der Waals surface area (Å²) in [6.07, 6.45) is 0. The van der Waals surface area contributed by atoms with E-state index in [2.05, 4.69) is 0 Å². The molecule has 1 fully saturated rings. The van der Waals surface area contributed by atoms with E-state index in [9.17, 15) is 19.1 Å². The average molecular weight is 452 g/mol. The van der Waals surface area contributed by atoms with E-state index >= 15 is 0 Å². The molecule has 1 unspecified atom stereocenters. The molecule has 0 saturated carbocycles. The largest absolute Gasteiger partial charge is 0.507 e. The first kappa shape index (κ1) is 20.1. The fourth-order valence-electron chi connectivity index (χ4n) is 3.92. The van der Waals surface area contributed by atoms with Crippen LogP contribution >= 0.6 is 11.6 Å². The molecule has 0 bridgehead atoms. The summed E-state index contributed by atoms with van der Waals surface area (Å²) < 4.78 is 25.5. The van der Waals surface area contributed by atoms with E-state index in [0.29, 0.717) is 22.2 Å². The summed E-state index contributed by atoms with van der Waals surface area (Å²) >= 11 is 6.10. The maximum absolute atomic E-state index is 14.9. The van der Waals surface area contributed by atoms with E-state index in [1.165, 1.54) is 36.4 Å². The second-order valence-corrected chi connectivity index (χ2v) is 7.67. The number of carbonyl (C=O) groups excluding carboxylic acids is 2. The molecule has 0 spiro atoms. The minimum Gasteiger partial charge on any atom is -0.507 e. The number of benzene rings is 3. The number of aliphatic hydroxyl groups excluding tert-OH is 1. The van der Waals surface area contributed by atoms with Crippen molar-refractivity contribution in [3.05, 3.63) is 94.3 Å². The molecule has 2 aliphatic heterocycles. The number of amides is 1. The maximum Gasteiger partial charge on any atom is 0.300 e. The first-order valence-electron chi connectivity index (χ1n) is 9.66. The molecule has 1 N–H and O–H groups in total. The molecular formula is C24H15ClFNO5. The lowest BCUT2D eigenvalue weighted by Crippen LogP contribution is -2.29. The standard InChI is InChI=1S/C24H15ClFNO5/c25-14-4-3-5-15(11-14)27-21(16-6-1-2-7-17(16)26)20(23(29)24(27)30)22(28)13-8-9-18-19(10-13)32-12-31-18/h1-11,21,28H,12H2/b22-20+. The molecule has 1 saturated heterocycles. The number of anilines is 1. The zero-order chi connectivity index (χ0) is 22.4. The van der Waals surface area contributed by atoms with Crippen LogP contribution in [0.25, 0.3) is 5.76 Å². The summed E-state index contributed by atoms with van der Waals surface area (Å²) in [5, 5.41) is 11.5. The lowest BCUT2D eigenvalue weighted by molar-refractivity contribution is -0.132. The van der Waals surface area contributed by atoms with Gasteiger partial charge in [-0.3, -0.25) is 14.5 Å². The molecule has 8 heteroatoms. The van der Waals surface area contributed by atoms with Crippen LogP contribution in [0, 0.1) is 5.82 Å². The third kappa shape index (κ3) is 3.18. The Morgan fingerprint density at radius 3 is 2.56 bits per heavy atom. The molecule has 2 aliphatic rings. The van der Waals surface area contributed by atoms with Gasteiger partial charge in [0, 0.05) is 21.8 Å². The highest BCUT2D eigenvalue weighted by atomic mass is 35.5. The van der Waals surface area contributed by atoms with Crippen LogP contribution in [-0.4, -0.2) is 23.6 Å². The highest BCUT2D eigenvalue weighted by molar-refractivity contribution is 6.51. The van der Waals surface area contributed by atoms with Gasteiger partial charge in [0.15, 0.2) is 11.5 Å². The van der Waals surface area contributed by atoms with Gasteiger partial charge in [-0.05, 0) is 42.5 Å². The number of carbonyl (C=O) groups is 2. The summed E-state index contributed by atoms with van der Waals surface area (Å²) in [4.78, 5) is 27.3. The minimum absolute atomic E-state index is 0.0356. The lowest BCUT2D eigenvalue weighted by atomic mass is 9.94. The Kier molecular flexibility index (Phi) is 4.83. The number of ether oxygens (including phenoxy) is 2. The Labute approximate surface area is 187 Å². The van der Waals surface area contributed by atoms with Crippen LogP contribution in [0.15, 0.2) is 72.3 Å². The SMILES string of the molecule is O=C1C(=O)N(c2cccc(Cl)c2)C(c2ccccc2F)/C1=C(\O)c1ccc2c(c1)OCO2. The van der Waals surface area contributed by atoms with E-state index in [0.717, 1.165) is 4.90 Å². The predicted octanol–water partition coefficient (Wildman–Crippen LogP) is 4.83. The third-order valence-corrected chi connectivity index (χ3v) is 5.61. The molecule has 2 heterocycles. The highest BCUT2D eigenvalue weighted by Gasteiger charge is 2.48. The quantitative estimate of drug-likeness (QED) is 0.350. The minimum atomic E-state index is -1.19. The van der Waals surface area contributed by atoms with Crippen LogP contribution in [0.1, 0.15) is 17.2 Å². The second kappa shape index (κ2) is 7.69. The van der Waals surface area contributed by atoms with Gasteiger partial charge in [0.25, 0.3) is 11.7 Å². The fraction of sp³-hybridized carbons (Fsp3) is 0.0833. The van der Waals surface area contributed by atoms with Gasteiger partial charge >= 0.3 is 0 Å². The molecule has 5 rings (SSSR count). The van der Waals surface area contributed by atoms with Crippen LogP contribution in [0.3, 0.4) is 0 Å². The van der Waals surface area contributed by atoms with Gasteiger partial charge in [0.2, 0.25) is 6.79 Å². The monoisotopic (exact) mass is 451 g/mol. The number of hydrogen-bond acceptors (Lipinski definition) is 5. The zero-order valence-corrected chi connectivity index (χ0v) is 17.2. The molecule has 3 aromatic carbocycles. The van der Waals surface area contributed by atoms with Gasteiger partial charge in [-0.1, -0.05) is 35.9 Å². The van der Waals surface area contributed by atoms with E-state index in [-0.39, 0.29) is 23.5 Å². The Balaban J connectivity index is 1.73. The first-order chi connectivity index (χ1) is 15.5. The van der Waals surface area contributed by atoms with E-state index < -0.39 is 29.3 Å². The molecule has 32 heavy (non-hydrogen) atoms. The average Bonchev–Trinajstić information content (AvgIpc) is 3.36. The van der Waals surface area contributed by atoms with Gasteiger partial charge in [-0.15, -0.1) is 0 Å². The van der Waals surface area contributed by atoms with Gasteiger partial charge in [0.1, 0.15) is 11.6 Å². The van der Waals surface area contributed by atoms with Crippen molar-refractivity contribution in [2.75, 3.05) is 11.7 Å². The van der Waals surface area contributed by atoms with E-state index in [1.807, 2.05) is 0 Å². The van der Waals surface area contributed by atoms with Crippen molar-refractivity contribution in [1.29, 1.82) is 0 Å². The normalized spacial score (nSPS) is 18.9. The summed E-state index contributed by atoms with van der Waals surface area (Å²) in [5.41, 5.74) is 0.366. The van der Waals surface area contributed by atoms with Crippen LogP contribution in [0.5, 0.6) is 11.5 Å².